The number of hydrogen-bond donors (Lipinski definition) is 0. The fraction of sp³-hybridized carbons (Fsp3) is 0.129. The zero-order valence-electron chi connectivity index (χ0n) is 67.0. The summed E-state index contributed by atoms with van der Waals surface area (Å²) in [5, 5.41) is 0. The molecule has 3 heterocycles. The molecule has 5 nitrogen and oxygen atoms in total. The molecule has 99 heavy (non-hydrogen) atoms. The molecule has 0 fully saturated rings. The number of benzene rings is 13. The largest absolute Gasteiger partial charge is 0.310 e. The van der Waals surface area contributed by atoms with Crippen molar-refractivity contribution in [3.8, 4) is 101 Å². The minimum Gasteiger partial charge on any atom is -0.310 e. The summed E-state index contributed by atoms with van der Waals surface area (Å²) in [7, 11) is 0. The van der Waals surface area contributed by atoms with Crippen molar-refractivity contribution in [2.75, 3.05) is 9.80 Å². The Morgan fingerprint density at radius 3 is 1.00 bits per heavy atom. The van der Waals surface area contributed by atoms with Crippen LogP contribution in [0.4, 0.5) is 34.1 Å². The van der Waals surface area contributed by atoms with Crippen LogP contribution in [0, 0.1) is 0 Å². The predicted octanol–water partition coefficient (Wildman–Crippen LogP) is 22.8. The van der Waals surface area contributed by atoms with Crippen LogP contribution in [-0.4, -0.2) is 21.7 Å². The van der Waals surface area contributed by atoms with Crippen molar-refractivity contribution in [2.45, 2.75) is 78.6 Å². The first-order chi connectivity index (χ1) is 52.1. The summed E-state index contributed by atoms with van der Waals surface area (Å²) in [6.07, 6.45) is 0. The van der Waals surface area contributed by atoms with Crippen LogP contribution in [0.1, 0.15) is 92.7 Å². The lowest BCUT2D eigenvalue weighted by Crippen LogP contribution is -2.61. The Morgan fingerprint density at radius 1 is 0.273 bits per heavy atom. The van der Waals surface area contributed by atoms with Gasteiger partial charge in [-0.25, -0.2) is 15.0 Å². The summed E-state index contributed by atoms with van der Waals surface area (Å²) >= 11 is 0. The van der Waals surface area contributed by atoms with Gasteiger partial charge in [-0.15, -0.1) is 0 Å². The Hall–Kier alpha value is -11.5. The van der Waals surface area contributed by atoms with Crippen molar-refractivity contribution < 1.29 is 13.7 Å². The van der Waals surface area contributed by atoms with Gasteiger partial charge in [-0.1, -0.05) is 323 Å². The van der Waals surface area contributed by atoms with Gasteiger partial charge in [0, 0.05) is 56.1 Å². The molecule has 13 aromatic carbocycles. The van der Waals surface area contributed by atoms with Crippen molar-refractivity contribution in [1.29, 1.82) is 0 Å². The van der Waals surface area contributed by atoms with Gasteiger partial charge in [-0.05, 0) is 148 Å². The molecule has 0 radical (unpaired) electrons. The highest BCUT2D eigenvalue weighted by Gasteiger charge is 2.46. The fourth-order valence-corrected chi connectivity index (χ4v) is 14.1. The average Bonchev–Trinajstić information content (AvgIpc) is 0.684. The van der Waals surface area contributed by atoms with E-state index in [4.69, 9.17) is 20.4 Å². The molecule has 0 aliphatic carbocycles. The number of aromatic nitrogens is 3. The zero-order valence-corrected chi connectivity index (χ0v) is 57.0. The van der Waals surface area contributed by atoms with Gasteiger partial charge in [0.15, 0.2) is 17.5 Å². The third kappa shape index (κ3) is 11.6. The maximum Gasteiger partial charge on any atom is 0.252 e. The Bertz CT molecular complexity index is 5820. The number of fused-ring (bicyclic) bond motifs is 4. The molecule has 0 saturated carbocycles. The van der Waals surface area contributed by atoms with Crippen LogP contribution in [0.3, 0.4) is 0 Å². The monoisotopic (exact) mass is 1290 g/mol. The van der Waals surface area contributed by atoms with Gasteiger partial charge >= 0.3 is 0 Å². The third-order valence-electron chi connectivity index (χ3n) is 19.3. The summed E-state index contributed by atoms with van der Waals surface area (Å²) in [6, 6.07) is 81.0. The van der Waals surface area contributed by atoms with Crippen LogP contribution < -0.4 is 26.2 Å². The molecule has 0 unspecified atom stereocenters. The molecule has 0 bridgehead atoms. The van der Waals surface area contributed by atoms with Crippen molar-refractivity contribution in [3.05, 3.63) is 326 Å². The Balaban J connectivity index is 1.15. The van der Waals surface area contributed by atoms with Gasteiger partial charge in [-0.3, -0.25) is 0 Å². The topological polar surface area (TPSA) is 45.2 Å². The molecule has 0 amide bonds. The number of rotatable bonds is 11. The molecule has 0 N–H and O–H groups in total. The number of hydrogen-bond acceptors (Lipinski definition) is 5. The fourth-order valence-electron chi connectivity index (χ4n) is 14.1. The van der Waals surface area contributed by atoms with Crippen molar-refractivity contribution in [1.82, 2.24) is 15.0 Å². The lowest BCUT2D eigenvalue weighted by Gasteiger charge is -2.46. The highest BCUT2D eigenvalue weighted by Crippen LogP contribution is 2.55. The minimum atomic E-state index is -0.682. The summed E-state index contributed by atoms with van der Waals surface area (Å²) in [4.78, 5) is 21.2. The van der Waals surface area contributed by atoms with E-state index in [0.717, 1.165) is 106 Å². The molecule has 0 spiro atoms. The molecule has 2 aliphatic rings. The van der Waals surface area contributed by atoms with Gasteiger partial charge in [0.25, 0.3) is 6.71 Å². The highest BCUT2D eigenvalue weighted by molar-refractivity contribution is 7.00. The standard InChI is InChI=1S/C93H78BN5/c1-91(2,3)72-47-31-46-68(52-72)71-55-83-85-84(56-71)99(87-77(65-40-25-14-26-41-65)59-74(93(7,8)9)60-78(87)90-96-88(66-42-27-15-28-43-66)95-89(97-90)67-44-29-16-30-45-67)82-54-70(62-34-19-11-20-35-62)49-51-80(82)94(85)79-50-48-69(61-32-17-10-18-33-61)53-81(79)98(83)86-75(63-36-21-12-22-37-63)57-73(92(4,5)6)58-76(86)64-38-23-13-24-39-64/h10-60H,1-9H3/i10D,11D,17D,18D,19D,20D,32D,33D,34D,35D. The summed E-state index contributed by atoms with van der Waals surface area (Å²) in [5.41, 5.74) is 19.1. The van der Waals surface area contributed by atoms with Gasteiger partial charge in [0.05, 0.1) is 25.1 Å². The van der Waals surface area contributed by atoms with Crippen LogP contribution in [0.25, 0.3) is 101 Å². The van der Waals surface area contributed by atoms with Gasteiger partial charge in [0.2, 0.25) is 0 Å². The highest BCUT2D eigenvalue weighted by atomic mass is 15.2. The van der Waals surface area contributed by atoms with Crippen molar-refractivity contribution in [2.24, 2.45) is 0 Å². The van der Waals surface area contributed by atoms with Crippen LogP contribution >= 0.6 is 0 Å². The van der Waals surface area contributed by atoms with Crippen LogP contribution in [0.2, 0.25) is 0 Å². The van der Waals surface area contributed by atoms with E-state index in [1.54, 1.807) is 0 Å². The van der Waals surface area contributed by atoms with Crippen LogP contribution in [-0.2, 0) is 16.2 Å². The van der Waals surface area contributed by atoms with Crippen molar-refractivity contribution in [3.63, 3.8) is 0 Å². The number of anilines is 6. The second-order valence-corrected chi connectivity index (χ2v) is 28.9. The van der Waals surface area contributed by atoms with E-state index in [9.17, 15) is 8.22 Å². The molecule has 1 aromatic heterocycles. The van der Waals surface area contributed by atoms with E-state index >= 15 is 0 Å². The Kier molecular flexibility index (Phi) is 13.0. The van der Waals surface area contributed by atoms with E-state index in [2.05, 4.69) is 193 Å². The molecule has 0 saturated heterocycles. The first kappa shape index (κ1) is 51.8. The summed E-state index contributed by atoms with van der Waals surface area (Å²) in [6.45, 7) is 19.3. The maximum absolute atomic E-state index is 9.69. The van der Waals surface area contributed by atoms with Gasteiger partial charge in [-0.2, -0.15) is 0 Å². The normalized spacial score (nSPS) is 14.1. The smallest absolute Gasteiger partial charge is 0.252 e. The second kappa shape index (κ2) is 24.9. The first-order valence-electron chi connectivity index (χ1n) is 38.9. The van der Waals surface area contributed by atoms with Gasteiger partial charge < -0.3 is 9.80 Å². The molecule has 16 rings (SSSR count). The summed E-state index contributed by atoms with van der Waals surface area (Å²) in [5.74, 6) is 1.29. The summed E-state index contributed by atoms with van der Waals surface area (Å²) < 4.78 is 92.9. The molecule has 478 valence electrons. The van der Waals surface area contributed by atoms with E-state index in [1.807, 2.05) is 127 Å². The van der Waals surface area contributed by atoms with E-state index in [0.29, 0.717) is 51.2 Å². The van der Waals surface area contributed by atoms with E-state index in [1.165, 1.54) is 0 Å². The molecule has 14 aromatic rings. The molecule has 6 heteroatoms. The maximum atomic E-state index is 9.69. The Labute approximate surface area is 598 Å². The lowest BCUT2D eigenvalue weighted by atomic mass is 9.33. The lowest BCUT2D eigenvalue weighted by molar-refractivity contribution is 0.590. The van der Waals surface area contributed by atoms with E-state index in [-0.39, 0.29) is 46.1 Å². The molecular formula is C93H78BN5. The zero-order chi connectivity index (χ0) is 76.4. The molecular weight excluding hydrogens is 1200 g/mol. The van der Waals surface area contributed by atoms with Gasteiger partial charge in [0.1, 0.15) is 0 Å². The molecule has 2 aliphatic heterocycles. The van der Waals surface area contributed by atoms with Crippen LogP contribution in [0.5, 0.6) is 0 Å². The predicted molar refractivity (Wildman–Crippen MR) is 419 cm³/mol. The minimum absolute atomic E-state index is 0.0242. The SMILES string of the molecule is [2H]c1c([2H])c([2H])c(-c2ccc3c(c2)N(c2c(-c4ccccc4)cc(C(C)(C)C)cc2-c2ccccc2)c2cc(-c4cccc(C(C)(C)C)c4)cc4c2B3c2ccc(-c3c([2H])c([2H])c([2H])c([2H])c3[2H])cc2N4c2c(-c3ccccc3)cc(C(C)(C)C)cc2-c2nc(-c3ccccc3)nc(-c3ccccc3)n2)c([2H])c1[2H]. The molecule has 0 atom stereocenters. The first-order valence-corrected chi connectivity index (χ1v) is 33.9. The number of nitrogens with zero attached hydrogens (tertiary/aromatic N) is 5. The average molecular weight is 1290 g/mol. The Morgan fingerprint density at radius 2 is 0.606 bits per heavy atom. The second-order valence-electron chi connectivity index (χ2n) is 28.9. The third-order valence-corrected chi connectivity index (χ3v) is 19.3. The van der Waals surface area contributed by atoms with E-state index < -0.39 is 48.4 Å². The van der Waals surface area contributed by atoms with Crippen molar-refractivity contribution >= 4 is 57.2 Å². The van der Waals surface area contributed by atoms with Crippen LogP contribution in [0.15, 0.2) is 309 Å². The quantitative estimate of drug-likeness (QED) is 0.121.